The summed E-state index contributed by atoms with van der Waals surface area (Å²) < 4.78 is 0. The van der Waals surface area contributed by atoms with Gasteiger partial charge in [-0.05, 0) is 51.4 Å². The zero-order chi connectivity index (χ0) is 13.8. The summed E-state index contributed by atoms with van der Waals surface area (Å²) in [5, 5.41) is 0. The smallest absolute Gasteiger partial charge is 0.320 e. The van der Waals surface area contributed by atoms with Crippen LogP contribution >= 0.6 is 0 Å². The maximum absolute atomic E-state index is 12.6. The fourth-order valence-electron chi connectivity index (χ4n) is 3.34. The van der Waals surface area contributed by atoms with E-state index in [1.807, 2.05) is 0 Å². The molecule has 1 saturated heterocycles. The molecule has 19 heavy (non-hydrogen) atoms. The van der Waals surface area contributed by atoms with E-state index < -0.39 is 0 Å². The van der Waals surface area contributed by atoms with E-state index in [1.165, 1.54) is 0 Å². The van der Waals surface area contributed by atoms with Crippen LogP contribution < -0.4 is 5.73 Å². The minimum absolute atomic E-state index is 0.259. The predicted molar refractivity (Wildman–Crippen MR) is 78.0 cm³/mol. The fraction of sp³-hybridized carbons (Fsp3) is 0.933. The van der Waals surface area contributed by atoms with Crippen molar-refractivity contribution in [2.45, 2.75) is 64.5 Å². The predicted octanol–water partition coefficient (Wildman–Crippen LogP) is 2.43. The van der Waals surface area contributed by atoms with Crippen LogP contribution in [0.2, 0.25) is 0 Å². The van der Waals surface area contributed by atoms with Crippen molar-refractivity contribution < 1.29 is 4.79 Å². The Morgan fingerprint density at radius 1 is 1.16 bits per heavy atom. The highest BCUT2D eigenvalue weighted by atomic mass is 16.2. The third-order valence-electron chi connectivity index (χ3n) is 4.82. The first-order chi connectivity index (χ1) is 9.11. The Bertz CT molecular complexity index is 292. The van der Waals surface area contributed by atoms with E-state index in [4.69, 9.17) is 5.73 Å². The summed E-state index contributed by atoms with van der Waals surface area (Å²) in [7, 11) is 0. The molecule has 0 aromatic rings. The van der Waals surface area contributed by atoms with Gasteiger partial charge in [0.2, 0.25) is 0 Å². The van der Waals surface area contributed by atoms with Gasteiger partial charge in [-0.1, -0.05) is 6.92 Å². The van der Waals surface area contributed by atoms with Crippen LogP contribution in [0.1, 0.15) is 52.4 Å². The van der Waals surface area contributed by atoms with Gasteiger partial charge in [0, 0.05) is 31.7 Å². The van der Waals surface area contributed by atoms with Gasteiger partial charge in [0.05, 0.1) is 0 Å². The highest BCUT2D eigenvalue weighted by molar-refractivity contribution is 5.75. The first-order valence-electron chi connectivity index (χ1n) is 7.93. The molecular weight excluding hydrogens is 238 g/mol. The van der Waals surface area contributed by atoms with Gasteiger partial charge < -0.3 is 15.5 Å². The Morgan fingerprint density at radius 3 is 2.26 bits per heavy atom. The lowest BCUT2D eigenvalue weighted by atomic mass is 9.91. The Morgan fingerprint density at radius 2 is 1.74 bits per heavy atom. The normalized spacial score (nSPS) is 29.3. The number of hydrogen-bond acceptors (Lipinski definition) is 2. The van der Waals surface area contributed by atoms with E-state index in [0.29, 0.717) is 12.1 Å². The lowest BCUT2D eigenvalue weighted by Gasteiger charge is -2.40. The van der Waals surface area contributed by atoms with Gasteiger partial charge in [-0.25, -0.2) is 4.79 Å². The number of nitrogens with zero attached hydrogens (tertiary/aromatic N) is 2. The largest absolute Gasteiger partial charge is 0.328 e. The van der Waals surface area contributed by atoms with Crippen LogP contribution in [0.4, 0.5) is 4.79 Å². The molecule has 0 bridgehead atoms. The highest BCUT2D eigenvalue weighted by Crippen LogP contribution is 2.24. The van der Waals surface area contributed by atoms with Crippen LogP contribution in [0.5, 0.6) is 0 Å². The molecule has 0 aromatic heterocycles. The summed E-state index contributed by atoms with van der Waals surface area (Å²) in [6.07, 6.45) is 6.57. The summed E-state index contributed by atoms with van der Waals surface area (Å²) >= 11 is 0. The van der Waals surface area contributed by atoms with E-state index in [9.17, 15) is 4.79 Å². The standard InChI is InChI=1S/C15H29N3O/c1-3-18(14-6-4-13(16)5-7-14)15(19)17-10-8-12(2)9-11-17/h12-14H,3-11,16H2,1-2H3. The van der Waals surface area contributed by atoms with E-state index in [-0.39, 0.29) is 6.03 Å². The lowest BCUT2D eigenvalue weighted by molar-refractivity contribution is 0.107. The quantitative estimate of drug-likeness (QED) is 0.835. The highest BCUT2D eigenvalue weighted by Gasteiger charge is 2.30. The first kappa shape index (κ1) is 14.6. The molecule has 2 N–H and O–H groups in total. The summed E-state index contributed by atoms with van der Waals surface area (Å²) in [6.45, 7) is 7.07. The zero-order valence-corrected chi connectivity index (χ0v) is 12.5. The molecule has 2 aliphatic rings. The van der Waals surface area contributed by atoms with Crippen molar-refractivity contribution in [3.63, 3.8) is 0 Å². The van der Waals surface area contributed by atoms with Crippen molar-refractivity contribution in [2.24, 2.45) is 11.7 Å². The van der Waals surface area contributed by atoms with Crippen molar-refractivity contribution in [3.05, 3.63) is 0 Å². The van der Waals surface area contributed by atoms with E-state index in [1.54, 1.807) is 0 Å². The Kier molecular flexibility index (Phi) is 5.08. The molecule has 0 aromatic carbocycles. The molecule has 1 aliphatic heterocycles. The van der Waals surface area contributed by atoms with Gasteiger partial charge in [0.25, 0.3) is 0 Å². The first-order valence-corrected chi connectivity index (χ1v) is 7.93. The molecule has 1 saturated carbocycles. The number of likely N-dealkylation sites (tertiary alicyclic amines) is 1. The molecule has 2 fully saturated rings. The van der Waals surface area contributed by atoms with Gasteiger partial charge in [0.1, 0.15) is 0 Å². The maximum Gasteiger partial charge on any atom is 0.320 e. The Labute approximate surface area is 117 Å². The maximum atomic E-state index is 12.6. The van der Waals surface area contributed by atoms with Crippen LogP contribution in [-0.2, 0) is 0 Å². The monoisotopic (exact) mass is 267 g/mol. The van der Waals surface area contributed by atoms with Crippen molar-refractivity contribution in [1.82, 2.24) is 9.80 Å². The summed E-state index contributed by atoms with van der Waals surface area (Å²) in [5.74, 6) is 0.770. The number of nitrogens with two attached hydrogens (primary N) is 1. The molecule has 0 radical (unpaired) electrons. The van der Waals surface area contributed by atoms with Crippen LogP contribution in [0.15, 0.2) is 0 Å². The molecule has 1 aliphatic carbocycles. The second-order valence-electron chi connectivity index (χ2n) is 6.31. The number of urea groups is 1. The summed E-state index contributed by atoms with van der Waals surface area (Å²) in [6, 6.07) is 1.02. The van der Waals surface area contributed by atoms with Gasteiger partial charge in [-0.2, -0.15) is 0 Å². The number of carbonyl (C=O) groups is 1. The second-order valence-corrected chi connectivity index (χ2v) is 6.31. The van der Waals surface area contributed by atoms with Crippen LogP contribution in [0.3, 0.4) is 0 Å². The number of rotatable bonds is 2. The molecule has 2 rings (SSSR count). The summed E-state index contributed by atoms with van der Waals surface area (Å²) in [4.78, 5) is 16.8. The molecule has 4 nitrogen and oxygen atoms in total. The minimum atomic E-state index is 0.259. The molecule has 0 atom stereocenters. The van der Waals surface area contributed by atoms with E-state index in [0.717, 1.165) is 64.1 Å². The van der Waals surface area contributed by atoms with E-state index in [2.05, 4.69) is 23.6 Å². The number of hydrogen-bond donors (Lipinski definition) is 1. The van der Waals surface area contributed by atoms with Crippen molar-refractivity contribution in [2.75, 3.05) is 19.6 Å². The second kappa shape index (κ2) is 6.60. The SMILES string of the molecule is CCN(C(=O)N1CCC(C)CC1)C1CCC(N)CC1. The third-order valence-corrected chi connectivity index (χ3v) is 4.82. The minimum Gasteiger partial charge on any atom is -0.328 e. The molecule has 0 unspecified atom stereocenters. The van der Waals surface area contributed by atoms with Gasteiger partial charge in [0.15, 0.2) is 0 Å². The van der Waals surface area contributed by atoms with Gasteiger partial charge in [-0.15, -0.1) is 0 Å². The van der Waals surface area contributed by atoms with Crippen molar-refractivity contribution >= 4 is 6.03 Å². The lowest BCUT2D eigenvalue weighted by Crippen LogP contribution is -2.51. The third kappa shape index (κ3) is 3.62. The summed E-state index contributed by atoms with van der Waals surface area (Å²) in [5.41, 5.74) is 5.96. The van der Waals surface area contributed by atoms with E-state index >= 15 is 0 Å². The average Bonchev–Trinajstić information content (AvgIpc) is 2.42. The number of amides is 2. The van der Waals surface area contributed by atoms with Gasteiger partial charge in [-0.3, -0.25) is 0 Å². The van der Waals surface area contributed by atoms with Crippen LogP contribution in [0.25, 0.3) is 0 Å². The Balaban J connectivity index is 1.91. The van der Waals surface area contributed by atoms with Crippen LogP contribution in [0, 0.1) is 5.92 Å². The number of carbonyl (C=O) groups excluding carboxylic acids is 1. The molecule has 110 valence electrons. The number of piperidine rings is 1. The van der Waals surface area contributed by atoms with Crippen molar-refractivity contribution in [3.8, 4) is 0 Å². The molecular formula is C15H29N3O. The zero-order valence-electron chi connectivity index (χ0n) is 12.5. The fourth-order valence-corrected chi connectivity index (χ4v) is 3.34. The molecule has 4 heteroatoms. The molecule has 1 heterocycles. The molecule has 2 amide bonds. The van der Waals surface area contributed by atoms with Gasteiger partial charge >= 0.3 is 6.03 Å². The van der Waals surface area contributed by atoms with Crippen LogP contribution in [-0.4, -0.2) is 47.5 Å². The molecule has 0 spiro atoms. The Hall–Kier alpha value is -0.770. The average molecular weight is 267 g/mol. The topological polar surface area (TPSA) is 49.6 Å². The van der Waals surface area contributed by atoms with Crippen molar-refractivity contribution in [1.29, 1.82) is 0 Å².